The van der Waals surface area contributed by atoms with Crippen molar-refractivity contribution in [2.45, 2.75) is 37.2 Å². The fourth-order valence-electron chi connectivity index (χ4n) is 2.52. The van der Waals surface area contributed by atoms with E-state index in [1.165, 1.54) is 23.4 Å². The van der Waals surface area contributed by atoms with Crippen molar-refractivity contribution in [3.8, 4) is 0 Å². The van der Waals surface area contributed by atoms with E-state index in [2.05, 4.69) is 43.8 Å². The number of benzene rings is 1. The quantitative estimate of drug-likeness (QED) is 0.630. The molecule has 0 unspecified atom stereocenters. The minimum absolute atomic E-state index is 0.404. The second-order valence-corrected chi connectivity index (χ2v) is 6.56. The van der Waals surface area contributed by atoms with Crippen LogP contribution in [0.25, 0.3) is 0 Å². The van der Waals surface area contributed by atoms with Gasteiger partial charge < -0.3 is 9.55 Å². The molecule has 2 heterocycles. The SMILES string of the molecule is CCCn1c(Cc2ccccc2)nnc1SCc1cc(=O)[nH]c(=O)[nH]1. The molecule has 0 atom stereocenters. The molecular formula is C17H19N5O2S. The summed E-state index contributed by atoms with van der Waals surface area (Å²) in [6.45, 7) is 2.93. The first-order chi connectivity index (χ1) is 12.2. The molecule has 25 heavy (non-hydrogen) atoms. The van der Waals surface area contributed by atoms with Crippen molar-refractivity contribution in [1.29, 1.82) is 0 Å². The largest absolute Gasteiger partial charge is 0.325 e. The van der Waals surface area contributed by atoms with Gasteiger partial charge in [-0.05, 0) is 12.0 Å². The van der Waals surface area contributed by atoms with Gasteiger partial charge in [0.25, 0.3) is 5.56 Å². The zero-order valence-corrected chi connectivity index (χ0v) is 14.7. The van der Waals surface area contributed by atoms with Gasteiger partial charge >= 0.3 is 5.69 Å². The molecule has 0 aliphatic rings. The smallest absolute Gasteiger partial charge is 0.310 e. The van der Waals surface area contributed by atoms with Crippen LogP contribution in [-0.4, -0.2) is 24.7 Å². The van der Waals surface area contributed by atoms with E-state index in [1.807, 2.05) is 18.2 Å². The zero-order valence-electron chi connectivity index (χ0n) is 13.9. The molecular weight excluding hydrogens is 338 g/mol. The molecule has 3 aromatic rings. The minimum Gasteiger partial charge on any atom is -0.310 e. The van der Waals surface area contributed by atoms with Crippen molar-refractivity contribution in [3.05, 3.63) is 74.3 Å². The van der Waals surface area contributed by atoms with E-state index in [0.29, 0.717) is 11.4 Å². The Morgan fingerprint density at radius 1 is 1.12 bits per heavy atom. The topological polar surface area (TPSA) is 96.4 Å². The van der Waals surface area contributed by atoms with Gasteiger partial charge in [0.1, 0.15) is 5.82 Å². The molecule has 3 rings (SSSR count). The van der Waals surface area contributed by atoms with Crippen LogP contribution in [0.15, 0.2) is 51.1 Å². The third-order valence-electron chi connectivity index (χ3n) is 3.62. The number of aromatic amines is 2. The first-order valence-electron chi connectivity index (χ1n) is 8.07. The van der Waals surface area contributed by atoms with Crippen LogP contribution < -0.4 is 11.2 Å². The van der Waals surface area contributed by atoms with Gasteiger partial charge in [0.05, 0.1) is 0 Å². The highest BCUT2D eigenvalue weighted by atomic mass is 32.2. The van der Waals surface area contributed by atoms with E-state index in [0.717, 1.165) is 30.4 Å². The molecule has 2 aromatic heterocycles. The number of H-pyrrole nitrogens is 2. The van der Waals surface area contributed by atoms with E-state index in [1.54, 1.807) is 0 Å². The predicted molar refractivity (Wildman–Crippen MR) is 96.8 cm³/mol. The van der Waals surface area contributed by atoms with Crippen molar-refractivity contribution in [1.82, 2.24) is 24.7 Å². The van der Waals surface area contributed by atoms with Crippen LogP contribution in [0.2, 0.25) is 0 Å². The number of rotatable bonds is 7. The fraction of sp³-hybridized carbons (Fsp3) is 0.294. The summed E-state index contributed by atoms with van der Waals surface area (Å²) in [5.41, 5.74) is 0.846. The van der Waals surface area contributed by atoms with Crippen molar-refractivity contribution in [2.75, 3.05) is 0 Å². The van der Waals surface area contributed by atoms with E-state index in [9.17, 15) is 9.59 Å². The molecule has 8 heteroatoms. The maximum absolute atomic E-state index is 11.4. The lowest BCUT2D eigenvalue weighted by Crippen LogP contribution is -2.22. The van der Waals surface area contributed by atoms with Crippen molar-refractivity contribution < 1.29 is 0 Å². The fourth-order valence-corrected chi connectivity index (χ4v) is 3.41. The molecule has 0 fully saturated rings. The van der Waals surface area contributed by atoms with Crippen molar-refractivity contribution in [3.63, 3.8) is 0 Å². The Bertz CT molecular complexity index is 917. The molecule has 0 radical (unpaired) electrons. The highest BCUT2D eigenvalue weighted by Gasteiger charge is 2.13. The molecule has 0 saturated heterocycles. The summed E-state index contributed by atoms with van der Waals surface area (Å²) in [7, 11) is 0. The maximum atomic E-state index is 11.4. The third-order valence-corrected chi connectivity index (χ3v) is 4.63. The summed E-state index contributed by atoms with van der Waals surface area (Å²) >= 11 is 1.46. The average Bonchev–Trinajstić information content (AvgIpc) is 2.95. The first kappa shape index (κ1) is 17.2. The number of thioether (sulfide) groups is 1. The van der Waals surface area contributed by atoms with Crippen LogP contribution in [0.5, 0.6) is 0 Å². The van der Waals surface area contributed by atoms with Crippen LogP contribution >= 0.6 is 11.8 Å². The highest BCUT2D eigenvalue weighted by Crippen LogP contribution is 2.22. The molecule has 0 bridgehead atoms. The Morgan fingerprint density at radius 3 is 2.64 bits per heavy atom. The van der Waals surface area contributed by atoms with Gasteiger partial charge in [-0.15, -0.1) is 10.2 Å². The van der Waals surface area contributed by atoms with Crippen LogP contribution in [0.1, 0.15) is 30.4 Å². The van der Waals surface area contributed by atoms with E-state index >= 15 is 0 Å². The number of aromatic nitrogens is 5. The van der Waals surface area contributed by atoms with Gasteiger partial charge in [-0.1, -0.05) is 49.0 Å². The van der Waals surface area contributed by atoms with Crippen molar-refractivity contribution >= 4 is 11.8 Å². The zero-order chi connectivity index (χ0) is 17.6. The summed E-state index contributed by atoms with van der Waals surface area (Å²) in [4.78, 5) is 27.5. The summed E-state index contributed by atoms with van der Waals surface area (Å²) in [5, 5.41) is 9.40. The van der Waals surface area contributed by atoms with Gasteiger partial charge in [0.2, 0.25) is 0 Å². The second kappa shape index (κ2) is 7.98. The Kier molecular flexibility index (Phi) is 5.49. The predicted octanol–water partition coefficient (Wildman–Crippen LogP) is 1.95. The number of hydrogen-bond donors (Lipinski definition) is 2. The molecule has 0 amide bonds. The lowest BCUT2D eigenvalue weighted by atomic mass is 10.1. The first-order valence-corrected chi connectivity index (χ1v) is 9.05. The second-order valence-electron chi connectivity index (χ2n) is 5.61. The molecule has 0 aliphatic heterocycles. The minimum atomic E-state index is -0.497. The van der Waals surface area contributed by atoms with Gasteiger partial charge in [-0.2, -0.15) is 0 Å². The van der Waals surface area contributed by atoms with Gasteiger partial charge in [-0.3, -0.25) is 9.78 Å². The average molecular weight is 357 g/mol. The Labute approximate surface area is 148 Å². The van der Waals surface area contributed by atoms with Crippen LogP contribution in [0.3, 0.4) is 0 Å². The van der Waals surface area contributed by atoms with Gasteiger partial charge in [0, 0.05) is 30.5 Å². The van der Waals surface area contributed by atoms with Crippen LogP contribution in [0, 0.1) is 0 Å². The molecule has 2 N–H and O–H groups in total. The van der Waals surface area contributed by atoms with E-state index < -0.39 is 11.2 Å². The number of nitrogens with one attached hydrogen (secondary N) is 2. The molecule has 7 nitrogen and oxygen atoms in total. The summed E-state index contributed by atoms with van der Waals surface area (Å²) in [5.74, 6) is 1.36. The molecule has 0 saturated carbocycles. The normalized spacial score (nSPS) is 10.9. The Morgan fingerprint density at radius 2 is 1.92 bits per heavy atom. The monoisotopic (exact) mass is 357 g/mol. The van der Waals surface area contributed by atoms with Crippen molar-refractivity contribution in [2.24, 2.45) is 0 Å². The standard InChI is InChI=1S/C17H19N5O2S/c1-2-8-22-14(9-12-6-4-3-5-7-12)20-21-17(22)25-11-13-10-15(23)19-16(24)18-13/h3-7,10H,2,8-9,11H2,1H3,(H2,18,19,23,24). The summed E-state index contributed by atoms with van der Waals surface area (Å²) in [6, 6.07) is 11.5. The number of nitrogens with zero attached hydrogens (tertiary/aromatic N) is 3. The van der Waals surface area contributed by atoms with E-state index in [4.69, 9.17) is 0 Å². The van der Waals surface area contributed by atoms with Gasteiger partial charge in [0.15, 0.2) is 5.16 Å². The summed E-state index contributed by atoms with van der Waals surface area (Å²) in [6.07, 6.45) is 1.69. The van der Waals surface area contributed by atoms with Gasteiger partial charge in [-0.25, -0.2) is 4.79 Å². The van der Waals surface area contributed by atoms with Crippen LogP contribution in [-0.2, 0) is 18.7 Å². The lowest BCUT2D eigenvalue weighted by molar-refractivity contribution is 0.597. The molecule has 1 aromatic carbocycles. The Balaban J connectivity index is 1.79. The summed E-state index contributed by atoms with van der Waals surface area (Å²) < 4.78 is 2.10. The Hall–Kier alpha value is -2.61. The maximum Gasteiger partial charge on any atom is 0.325 e. The molecule has 130 valence electrons. The molecule has 0 aliphatic carbocycles. The van der Waals surface area contributed by atoms with E-state index in [-0.39, 0.29) is 0 Å². The number of hydrogen-bond acceptors (Lipinski definition) is 5. The molecule has 0 spiro atoms. The third kappa shape index (κ3) is 4.48. The highest BCUT2D eigenvalue weighted by molar-refractivity contribution is 7.98. The lowest BCUT2D eigenvalue weighted by Gasteiger charge is -2.09. The van der Waals surface area contributed by atoms with Crippen LogP contribution in [0.4, 0.5) is 0 Å².